The van der Waals surface area contributed by atoms with Gasteiger partial charge in [-0.2, -0.15) is 5.10 Å². The standard InChI is InChI=1S/C23H27N5/c1-24-23(25-15-20-13-22(20)19-9-5-3-6-10-19)27(2)16-18-14-26-28(17-18)21-11-7-4-8-12-21/h3-12,14,17,20,22H,13,15-16H2,1-2H3,(H,24,25). The van der Waals surface area contributed by atoms with Crippen molar-refractivity contribution < 1.29 is 0 Å². The molecule has 0 radical (unpaired) electrons. The van der Waals surface area contributed by atoms with Crippen molar-refractivity contribution in [3.63, 3.8) is 0 Å². The van der Waals surface area contributed by atoms with Crippen LogP contribution >= 0.6 is 0 Å². The van der Waals surface area contributed by atoms with Crippen molar-refractivity contribution in [3.8, 4) is 5.69 Å². The SMILES string of the molecule is CN=C(NCC1CC1c1ccccc1)N(C)Cc1cnn(-c2ccccc2)c1. The van der Waals surface area contributed by atoms with Gasteiger partial charge in [0.25, 0.3) is 0 Å². The third kappa shape index (κ3) is 4.25. The number of para-hydroxylation sites is 1. The lowest BCUT2D eigenvalue weighted by atomic mass is 10.1. The van der Waals surface area contributed by atoms with Gasteiger partial charge in [-0.3, -0.25) is 4.99 Å². The average molecular weight is 374 g/mol. The minimum Gasteiger partial charge on any atom is -0.356 e. The maximum atomic E-state index is 4.48. The van der Waals surface area contributed by atoms with Gasteiger partial charge < -0.3 is 10.2 Å². The summed E-state index contributed by atoms with van der Waals surface area (Å²) in [6.07, 6.45) is 5.25. The first kappa shape index (κ1) is 18.3. The summed E-state index contributed by atoms with van der Waals surface area (Å²) in [5.41, 5.74) is 3.67. The number of aliphatic imine (C=N–C) groups is 1. The first-order chi connectivity index (χ1) is 13.7. The molecule has 3 aromatic rings. The van der Waals surface area contributed by atoms with E-state index < -0.39 is 0 Å². The van der Waals surface area contributed by atoms with Gasteiger partial charge in [0.15, 0.2) is 5.96 Å². The summed E-state index contributed by atoms with van der Waals surface area (Å²) in [6.45, 7) is 1.72. The summed E-state index contributed by atoms with van der Waals surface area (Å²) < 4.78 is 1.91. The van der Waals surface area contributed by atoms with Gasteiger partial charge in [0.1, 0.15) is 0 Å². The molecule has 1 aromatic heterocycles. The minimum atomic E-state index is 0.682. The van der Waals surface area contributed by atoms with Crippen LogP contribution in [0.25, 0.3) is 5.69 Å². The number of hydrogen-bond acceptors (Lipinski definition) is 2. The van der Waals surface area contributed by atoms with Crippen LogP contribution in [0.4, 0.5) is 0 Å². The van der Waals surface area contributed by atoms with E-state index in [1.165, 1.54) is 12.0 Å². The van der Waals surface area contributed by atoms with E-state index in [-0.39, 0.29) is 0 Å². The quantitative estimate of drug-likeness (QED) is 0.530. The first-order valence-corrected chi connectivity index (χ1v) is 9.80. The summed E-state index contributed by atoms with van der Waals surface area (Å²) >= 11 is 0. The van der Waals surface area contributed by atoms with Crippen LogP contribution in [-0.4, -0.2) is 41.3 Å². The lowest BCUT2D eigenvalue weighted by molar-refractivity contribution is 0.474. The molecule has 2 unspecified atom stereocenters. The lowest BCUT2D eigenvalue weighted by Gasteiger charge is -2.21. The molecule has 0 spiro atoms. The number of guanidine groups is 1. The van der Waals surface area contributed by atoms with Crippen LogP contribution in [0, 0.1) is 5.92 Å². The molecule has 0 saturated heterocycles. The summed E-state index contributed by atoms with van der Waals surface area (Å²) in [5.74, 6) is 2.29. The van der Waals surface area contributed by atoms with E-state index in [0.717, 1.165) is 30.3 Å². The average Bonchev–Trinajstić information content (AvgIpc) is 3.37. The molecule has 0 amide bonds. The Morgan fingerprint density at radius 1 is 1.14 bits per heavy atom. The Kier molecular flexibility index (Phi) is 5.42. The van der Waals surface area contributed by atoms with Crippen molar-refractivity contribution in [2.75, 3.05) is 20.6 Å². The van der Waals surface area contributed by atoms with Gasteiger partial charge in [0.2, 0.25) is 0 Å². The van der Waals surface area contributed by atoms with Crippen LogP contribution in [0.15, 0.2) is 78.0 Å². The summed E-state index contributed by atoms with van der Waals surface area (Å²) in [4.78, 5) is 6.60. The van der Waals surface area contributed by atoms with Crippen molar-refractivity contribution in [2.45, 2.75) is 18.9 Å². The first-order valence-electron chi connectivity index (χ1n) is 9.80. The van der Waals surface area contributed by atoms with Crippen LogP contribution in [0.3, 0.4) is 0 Å². The largest absolute Gasteiger partial charge is 0.356 e. The van der Waals surface area contributed by atoms with Crippen LogP contribution in [0.1, 0.15) is 23.5 Å². The van der Waals surface area contributed by atoms with Crippen LogP contribution in [0.2, 0.25) is 0 Å². The van der Waals surface area contributed by atoms with Gasteiger partial charge in [0, 0.05) is 38.9 Å². The number of rotatable bonds is 6. The maximum Gasteiger partial charge on any atom is 0.193 e. The van der Waals surface area contributed by atoms with E-state index in [9.17, 15) is 0 Å². The van der Waals surface area contributed by atoms with Gasteiger partial charge >= 0.3 is 0 Å². The van der Waals surface area contributed by atoms with Crippen molar-refractivity contribution in [1.82, 2.24) is 20.0 Å². The Morgan fingerprint density at radius 2 is 1.86 bits per heavy atom. The molecule has 5 heteroatoms. The van der Waals surface area contributed by atoms with Crippen LogP contribution in [-0.2, 0) is 6.54 Å². The van der Waals surface area contributed by atoms with Gasteiger partial charge in [-0.25, -0.2) is 4.68 Å². The predicted octanol–water partition coefficient (Wildman–Crippen LogP) is 3.68. The minimum absolute atomic E-state index is 0.682. The molecule has 1 aliphatic rings. The molecule has 1 heterocycles. The second-order valence-corrected chi connectivity index (χ2v) is 7.43. The van der Waals surface area contributed by atoms with Crippen molar-refractivity contribution in [3.05, 3.63) is 84.2 Å². The smallest absolute Gasteiger partial charge is 0.193 e. The Morgan fingerprint density at radius 3 is 2.57 bits per heavy atom. The molecule has 2 atom stereocenters. The lowest BCUT2D eigenvalue weighted by Crippen LogP contribution is -2.39. The fourth-order valence-corrected chi connectivity index (χ4v) is 3.70. The number of hydrogen-bond donors (Lipinski definition) is 1. The van der Waals surface area contributed by atoms with E-state index in [1.54, 1.807) is 0 Å². The third-order valence-corrected chi connectivity index (χ3v) is 5.32. The third-order valence-electron chi connectivity index (χ3n) is 5.32. The van der Waals surface area contributed by atoms with Crippen molar-refractivity contribution >= 4 is 5.96 Å². The maximum absolute atomic E-state index is 4.48. The monoisotopic (exact) mass is 373 g/mol. The van der Waals surface area contributed by atoms with Gasteiger partial charge in [-0.15, -0.1) is 0 Å². The Hall–Kier alpha value is -3.08. The summed E-state index contributed by atoms with van der Waals surface area (Å²) in [7, 11) is 3.91. The summed E-state index contributed by atoms with van der Waals surface area (Å²) in [6, 6.07) is 21.0. The second kappa shape index (κ2) is 8.30. The highest BCUT2D eigenvalue weighted by Gasteiger charge is 2.37. The number of nitrogens with one attached hydrogen (secondary N) is 1. The highest BCUT2D eigenvalue weighted by molar-refractivity contribution is 5.79. The molecular formula is C23H27N5. The Bertz CT molecular complexity index is 916. The zero-order valence-electron chi connectivity index (χ0n) is 16.5. The topological polar surface area (TPSA) is 45.5 Å². The normalized spacial score (nSPS) is 18.7. The molecule has 144 valence electrons. The molecule has 5 nitrogen and oxygen atoms in total. The van der Waals surface area contributed by atoms with E-state index in [4.69, 9.17) is 0 Å². The van der Waals surface area contributed by atoms with Gasteiger partial charge in [0.05, 0.1) is 11.9 Å². The highest BCUT2D eigenvalue weighted by Crippen LogP contribution is 2.46. The van der Waals surface area contributed by atoms with Crippen LogP contribution < -0.4 is 5.32 Å². The molecule has 0 aliphatic heterocycles. The molecule has 4 rings (SSSR count). The number of aromatic nitrogens is 2. The zero-order chi connectivity index (χ0) is 19.3. The van der Waals surface area contributed by atoms with E-state index in [2.05, 4.69) is 76.0 Å². The molecule has 1 aliphatic carbocycles. The van der Waals surface area contributed by atoms with E-state index >= 15 is 0 Å². The van der Waals surface area contributed by atoms with Gasteiger partial charge in [-0.1, -0.05) is 48.5 Å². The zero-order valence-corrected chi connectivity index (χ0v) is 16.5. The highest BCUT2D eigenvalue weighted by atomic mass is 15.3. The van der Waals surface area contributed by atoms with Gasteiger partial charge in [-0.05, 0) is 36.0 Å². The predicted molar refractivity (Wildman–Crippen MR) is 114 cm³/mol. The molecule has 1 N–H and O–H groups in total. The number of benzene rings is 2. The fourth-order valence-electron chi connectivity index (χ4n) is 3.70. The molecule has 2 aromatic carbocycles. The number of nitrogens with zero attached hydrogens (tertiary/aromatic N) is 4. The molecular weight excluding hydrogens is 346 g/mol. The van der Waals surface area contributed by atoms with Crippen molar-refractivity contribution in [1.29, 1.82) is 0 Å². The molecule has 0 bridgehead atoms. The molecule has 1 fully saturated rings. The van der Waals surface area contributed by atoms with Crippen LogP contribution in [0.5, 0.6) is 0 Å². The Balaban J connectivity index is 1.30. The fraction of sp³-hybridized carbons (Fsp3) is 0.304. The molecule has 28 heavy (non-hydrogen) atoms. The van der Waals surface area contributed by atoms with E-state index in [0.29, 0.717) is 11.8 Å². The van der Waals surface area contributed by atoms with Crippen molar-refractivity contribution in [2.24, 2.45) is 10.9 Å². The van der Waals surface area contributed by atoms with E-state index in [1.807, 2.05) is 36.1 Å². The molecule has 1 saturated carbocycles. The Labute approximate surface area is 166 Å². The second-order valence-electron chi connectivity index (χ2n) is 7.43. The summed E-state index contributed by atoms with van der Waals surface area (Å²) in [5, 5.41) is 8.02.